The number of carbonyl (C=O) groups is 2. The molecule has 1 fully saturated rings. The van der Waals surface area contributed by atoms with Crippen molar-refractivity contribution in [2.75, 3.05) is 7.11 Å². The summed E-state index contributed by atoms with van der Waals surface area (Å²) in [5, 5.41) is 42.0. The molecule has 0 saturated heterocycles. The summed E-state index contributed by atoms with van der Waals surface area (Å²) in [6.07, 6.45) is -0.0507. The molecule has 10 atom stereocenters. The number of fused-ring (bicyclic) bond motifs is 1. The standard InChI is InChI=1S/C25H42O8/c1-6-13(2)25(31)33-21-9-14(3)24(30)19-12-20(28)15(4)18(23(19)21)8-7-16(26)10-17(27)11-22(29)32-5/h12-18,20-21,23-24,26-28,30H,6-11H2,1-5H3/t13-,14+,15+,16+,17+,18-,20+,21-,23+,24-/m0/s1. The summed E-state index contributed by atoms with van der Waals surface area (Å²) in [6.45, 7) is 7.61. The van der Waals surface area contributed by atoms with E-state index in [0.29, 0.717) is 31.3 Å². The zero-order valence-corrected chi connectivity index (χ0v) is 20.5. The molecule has 0 aromatic carbocycles. The highest BCUT2D eigenvalue weighted by Crippen LogP contribution is 2.48. The molecule has 2 aliphatic rings. The molecule has 0 unspecified atom stereocenters. The highest BCUT2D eigenvalue weighted by Gasteiger charge is 2.49. The Morgan fingerprint density at radius 1 is 1.18 bits per heavy atom. The van der Waals surface area contributed by atoms with Crippen LogP contribution >= 0.6 is 0 Å². The third kappa shape index (κ3) is 7.01. The fourth-order valence-corrected chi connectivity index (χ4v) is 5.22. The van der Waals surface area contributed by atoms with E-state index in [9.17, 15) is 30.0 Å². The molecule has 0 aromatic rings. The molecule has 1 saturated carbocycles. The van der Waals surface area contributed by atoms with Crippen LogP contribution in [0.1, 0.15) is 66.2 Å². The Morgan fingerprint density at radius 2 is 1.85 bits per heavy atom. The van der Waals surface area contributed by atoms with E-state index >= 15 is 0 Å². The van der Waals surface area contributed by atoms with E-state index in [0.717, 1.165) is 0 Å². The number of hydrogen-bond donors (Lipinski definition) is 4. The van der Waals surface area contributed by atoms with Gasteiger partial charge in [0, 0.05) is 5.92 Å². The lowest BCUT2D eigenvalue weighted by Crippen LogP contribution is -2.51. The minimum absolute atomic E-state index is 0.0399. The van der Waals surface area contributed by atoms with Crippen LogP contribution in [0.3, 0.4) is 0 Å². The van der Waals surface area contributed by atoms with Crippen LogP contribution in [0.5, 0.6) is 0 Å². The second-order valence-corrected chi connectivity index (χ2v) is 10.0. The summed E-state index contributed by atoms with van der Waals surface area (Å²) in [4.78, 5) is 23.9. The Hall–Kier alpha value is -1.48. The molecule has 2 aliphatic carbocycles. The fourth-order valence-electron chi connectivity index (χ4n) is 5.22. The van der Waals surface area contributed by atoms with Crippen LogP contribution in [0, 0.1) is 29.6 Å². The maximum atomic E-state index is 12.6. The van der Waals surface area contributed by atoms with Gasteiger partial charge >= 0.3 is 11.9 Å². The van der Waals surface area contributed by atoms with Crippen molar-refractivity contribution in [3.05, 3.63) is 11.6 Å². The van der Waals surface area contributed by atoms with Crippen molar-refractivity contribution in [1.82, 2.24) is 0 Å². The third-order valence-corrected chi connectivity index (χ3v) is 7.60. The van der Waals surface area contributed by atoms with Gasteiger partial charge in [0.1, 0.15) is 6.10 Å². The van der Waals surface area contributed by atoms with Gasteiger partial charge < -0.3 is 29.9 Å². The van der Waals surface area contributed by atoms with Crippen LogP contribution in [-0.2, 0) is 19.1 Å². The molecule has 2 rings (SSSR count). The molecular weight excluding hydrogens is 428 g/mol. The summed E-state index contributed by atoms with van der Waals surface area (Å²) in [6, 6.07) is 0. The number of aliphatic hydroxyl groups is 4. The van der Waals surface area contributed by atoms with Crippen molar-refractivity contribution < 1.29 is 39.5 Å². The molecule has 0 bridgehead atoms. The summed E-state index contributed by atoms with van der Waals surface area (Å²) in [5.74, 6) is -1.64. The first kappa shape index (κ1) is 27.8. The zero-order valence-electron chi connectivity index (χ0n) is 20.5. The number of rotatable bonds is 10. The Bertz CT molecular complexity index is 692. The number of esters is 2. The fraction of sp³-hybridized carbons (Fsp3) is 0.840. The van der Waals surface area contributed by atoms with Gasteiger partial charge in [-0.3, -0.25) is 9.59 Å². The van der Waals surface area contributed by atoms with E-state index in [-0.39, 0.29) is 48.4 Å². The van der Waals surface area contributed by atoms with E-state index in [2.05, 4.69) is 4.74 Å². The molecule has 0 aromatic heterocycles. The van der Waals surface area contributed by atoms with E-state index in [1.807, 2.05) is 27.7 Å². The number of aliphatic hydroxyl groups excluding tert-OH is 4. The summed E-state index contributed by atoms with van der Waals surface area (Å²) >= 11 is 0. The highest BCUT2D eigenvalue weighted by atomic mass is 16.5. The maximum Gasteiger partial charge on any atom is 0.308 e. The van der Waals surface area contributed by atoms with Crippen LogP contribution in [-0.4, -0.2) is 70.0 Å². The van der Waals surface area contributed by atoms with Gasteiger partial charge in [0.05, 0.1) is 43.9 Å². The van der Waals surface area contributed by atoms with Gasteiger partial charge in [-0.1, -0.05) is 33.8 Å². The molecular formula is C25H42O8. The lowest BCUT2D eigenvalue weighted by molar-refractivity contribution is -0.162. The zero-order chi connectivity index (χ0) is 24.9. The van der Waals surface area contributed by atoms with E-state index in [4.69, 9.17) is 4.74 Å². The van der Waals surface area contributed by atoms with Crippen LogP contribution in [0.4, 0.5) is 0 Å². The van der Waals surface area contributed by atoms with Crippen LogP contribution in [0.2, 0.25) is 0 Å². The molecule has 0 amide bonds. The first-order valence-electron chi connectivity index (χ1n) is 12.2. The minimum atomic E-state index is -1.00. The molecule has 8 nitrogen and oxygen atoms in total. The van der Waals surface area contributed by atoms with Gasteiger partial charge in [0.2, 0.25) is 0 Å². The quantitative estimate of drug-likeness (QED) is 0.281. The Kier molecular flexibility index (Phi) is 10.3. The molecule has 0 heterocycles. The molecule has 0 radical (unpaired) electrons. The normalized spacial score (nSPS) is 34.5. The molecule has 190 valence electrons. The number of carbonyl (C=O) groups excluding carboxylic acids is 2. The van der Waals surface area contributed by atoms with Crippen molar-refractivity contribution in [2.24, 2.45) is 29.6 Å². The van der Waals surface area contributed by atoms with Crippen molar-refractivity contribution >= 4 is 11.9 Å². The van der Waals surface area contributed by atoms with E-state index < -0.39 is 36.5 Å². The Labute approximate surface area is 197 Å². The van der Waals surface area contributed by atoms with Gasteiger partial charge in [-0.25, -0.2) is 0 Å². The van der Waals surface area contributed by atoms with E-state index in [1.165, 1.54) is 7.11 Å². The SMILES string of the molecule is CC[C@H](C)C(=O)O[C@H]1C[C@@H](C)[C@H](O)C2=C[C@@H](O)[C@H](C)[C@H](CC[C@@H](O)C[C@@H](O)CC(=O)OC)[C@H]21. The monoisotopic (exact) mass is 470 g/mol. The van der Waals surface area contributed by atoms with E-state index in [1.54, 1.807) is 6.08 Å². The number of ether oxygens (including phenoxy) is 2. The van der Waals surface area contributed by atoms with Gasteiger partial charge in [-0.15, -0.1) is 0 Å². The topological polar surface area (TPSA) is 134 Å². The Balaban J connectivity index is 2.17. The first-order valence-corrected chi connectivity index (χ1v) is 12.2. The summed E-state index contributed by atoms with van der Waals surface area (Å²) in [5.41, 5.74) is 0.714. The smallest absolute Gasteiger partial charge is 0.308 e. The third-order valence-electron chi connectivity index (χ3n) is 7.60. The lowest BCUT2D eigenvalue weighted by atomic mass is 9.61. The summed E-state index contributed by atoms with van der Waals surface area (Å²) < 4.78 is 10.5. The number of methoxy groups -OCH3 is 1. The van der Waals surface area contributed by atoms with Crippen molar-refractivity contribution in [3.63, 3.8) is 0 Å². The maximum absolute atomic E-state index is 12.6. The largest absolute Gasteiger partial charge is 0.469 e. The van der Waals surface area contributed by atoms with Crippen molar-refractivity contribution in [1.29, 1.82) is 0 Å². The first-order chi connectivity index (χ1) is 15.5. The average molecular weight is 471 g/mol. The molecule has 4 N–H and O–H groups in total. The molecule has 33 heavy (non-hydrogen) atoms. The molecule has 0 spiro atoms. The van der Waals surface area contributed by atoms with Crippen LogP contribution in [0.25, 0.3) is 0 Å². The van der Waals surface area contributed by atoms with Crippen LogP contribution in [0.15, 0.2) is 11.6 Å². The predicted octanol–water partition coefficient (Wildman–Crippen LogP) is 1.97. The van der Waals surface area contributed by atoms with Gasteiger partial charge in [0.25, 0.3) is 0 Å². The molecule has 0 aliphatic heterocycles. The average Bonchev–Trinajstić information content (AvgIpc) is 2.76. The van der Waals surface area contributed by atoms with Crippen molar-refractivity contribution in [3.8, 4) is 0 Å². The minimum Gasteiger partial charge on any atom is -0.469 e. The molecule has 8 heteroatoms. The highest BCUT2D eigenvalue weighted by molar-refractivity contribution is 5.72. The second kappa shape index (κ2) is 12.3. The van der Waals surface area contributed by atoms with Gasteiger partial charge in [-0.2, -0.15) is 0 Å². The van der Waals surface area contributed by atoms with Crippen LogP contribution < -0.4 is 0 Å². The van der Waals surface area contributed by atoms with Crippen molar-refractivity contribution in [2.45, 2.75) is 96.7 Å². The Morgan fingerprint density at radius 3 is 2.45 bits per heavy atom. The number of hydrogen-bond acceptors (Lipinski definition) is 8. The summed E-state index contributed by atoms with van der Waals surface area (Å²) in [7, 11) is 1.25. The lowest BCUT2D eigenvalue weighted by Gasteiger charge is -2.49. The van der Waals surface area contributed by atoms with Gasteiger partial charge in [0.15, 0.2) is 0 Å². The second-order valence-electron chi connectivity index (χ2n) is 10.0. The van der Waals surface area contributed by atoms with Gasteiger partial charge in [-0.05, 0) is 55.4 Å². The predicted molar refractivity (Wildman–Crippen MR) is 122 cm³/mol.